The van der Waals surface area contributed by atoms with E-state index >= 15 is 0 Å². The average Bonchev–Trinajstić information content (AvgIpc) is 2.25. The van der Waals surface area contributed by atoms with Crippen molar-refractivity contribution in [2.24, 2.45) is 0 Å². The van der Waals surface area contributed by atoms with Crippen molar-refractivity contribution in [1.29, 1.82) is 0 Å². The highest BCUT2D eigenvalue weighted by atomic mass is 127. The number of rotatable bonds is 4. The Morgan fingerprint density at radius 1 is 1.53 bits per heavy atom. The minimum absolute atomic E-state index is 0.0366. The largest absolute Gasteiger partial charge is 0.483 e. The highest BCUT2D eigenvalue weighted by Gasteiger charge is 2.19. The summed E-state index contributed by atoms with van der Waals surface area (Å²) in [4.78, 5) is 11.6. The second-order valence-electron chi connectivity index (χ2n) is 4.06. The SMILES string of the molecule is O=C(COc1cc(Br)ccc1I)NC1CCC1. The summed E-state index contributed by atoms with van der Waals surface area (Å²) in [5.41, 5.74) is 0. The summed E-state index contributed by atoms with van der Waals surface area (Å²) < 4.78 is 7.45. The Morgan fingerprint density at radius 2 is 2.29 bits per heavy atom. The summed E-state index contributed by atoms with van der Waals surface area (Å²) >= 11 is 5.57. The zero-order valence-corrected chi connectivity index (χ0v) is 13.0. The van der Waals surface area contributed by atoms with Gasteiger partial charge in [0.2, 0.25) is 0 Å². The number of nitrogens with one attached hydrogen (secondary N) is 1. The van der Waals surface area contributed by atoms with Gasteiger partial charge in [-0.3, -0.25) is 4.79 Å². The molecule has 0 bridgehead atoms. The molecule has 1 aliphatic carbocycles. The first-order valence-electron chi connectivity index (χ1n) is 5.52. The van der Waals surface area contributed by atoms with Crippen LogP contribution in [0, 0.1) is 3.57 Å². The van der Waals surface area contributed by atoms with Crippen LogP contribution in [0.3, 0.4) is 0 Å². The molecule has 0 radical (unpaired) electrons. The summed E-state index contributed by atoms with van der Waals surface area (Å²) in [6.45, 7) is 0.0863. The number of benzene rings is 1. The molecule has 17 heavy (non-hydrogen) atoms. The maximum absolute atomic E-state index is 11.6. The molecule has 3 nitrogen and oxygen atoms in total. The normalized spacial score (nSPS) is 15.2. The molecule has 5 heteroatoms. The van der Waals surface area contributed by atoms with Crippen LogP contribution in [0.15, 0.2) is 22.7 Å². The van der Waals surface area contributed by atoms with Crippen molar-refractivity contribution >= 4 is 44.4 Å². The van der Waals surface area contributed by atoms with Gasteiger partial charge in [0.1, 0.15) is 5.75 Å². The molecule has 0 heterocycles. The van der Waals surface area contributed by atoms with Gasteiger partial charge in [-0.1, -0.05) is 15.9 Å². The Balaban J connectivity index is 1.83. The van der Waals surface area contributed by atoms with Crippen LogP contribution in [0.25, 0.3) is 0 Å². The predicted octanol–water partition coefficient (Wildman–Crippen LogP) is 3.10. The molecule has 2 rings (SSSR count). The van der Waals surface area contributed by atoms with E-state index in [0.29, 0.717) is 6.04 Å². The average molecular weight is 410 g/mol. The van der Waals surface area contributed by atoms with Gasteiger partial charge in [0.15, 0.2) is 6.61 Å². The van der Waals surface area contributed by atoms with Crippen molar-refractivity contribution in [2.75, 3.05) is 6.61 Å². The number of hydrogen-bond donors (Lipinski definition) is 1. The molecule has 0 aromatic heterocycles. The number of carbonyl (C=O) groups is 1. The Hall–Kier alpha value is -0.300. The Labute approximate surface area is 123 Å². The van der Waals surface area contributed by atoms with Gasteiger partial charge in [0.05, 0.1) is 3.57 Å². The van der Waals surface area contributed by atoms with Crippen molar-refractivity contribution in [3.05, 3.63) is 26.2 Å². The van der Waals surface area contributed by atoms with Gasteiger partial charge in [-0.15, -0.1) is 0 Å². The monoisotopic (exact) mass is 409 g/mol. The van der Waals surface area contributed by atoms with Crippen LogP contribution in [-0.2, 0) is 4.79 Å². The molecule has 92 valence electrons. The van der Waals surface area contributed by atoms with Crippen LogP contribution >= 0.6 is 38.5 Å². The van der Waals surface area contributed by atoms with E-state index in [-0.39, 0.29) is 12.5 Å². The molecule has 1 fully saturated rings. The Bertz CT molecular complexity index is 421. The summed E-state index contributed by atoms with van der Waals surface area (Å²) in [6, 6.07) is 6.14. The highest BCUT2D eigenvalue weighted by Crippen LogP contribution is 2.25. The molecule has 0 unspecified atom stereocenters. The minimum Gasteiger partial charge on any atom is -0.483 e. The standard InChI is InChI=1S/C12H13BrINO2/c13-8-4-5-10(14)11(6-8)17-7-12(16)15-9-2-1-3-9/h4-6,9H,1-3,7H2,(H,15,16). The first kappa shape index (κ1) is 13.1. The van der Waals surface area contributed by atoms with Crippen molar-refractivity contribution in [2.45, 2.75) is 25.3 Å². The first-order valence-corrected chi connectivity index (χ1v) is 7.39. The lowest BCUT2D eigenvalue weighted by molar-refractivity contribution is -0.124. The summed E-state index contributed by atoms with van der Waals surface area (Å²) in [5, 5.41) is 2.94. The second kappa shape index (κ2) is 6.04. The van der Waals surface area contributed by atoms with Gasteiger partial charge >= 0.3 is 0 Å². The Kier molecular flexibility index (Phi) is 4.67. The Morgan fingerprint density at radius 3 is 2.94 bits per heavy atom. The van der Waals surface area contributed by atoms with Gasteiger partial charge in [0.25, 0.3) is 5.91 Å². The molecule has 1 saturated carbocycles. The summed E-state index contributed by atoms with van der Waals surface area (Å²) in [5.74, 6) is 0.703. The van der Waals surface area contributed by atoms with E-state index in [4.69, 9.17) is 4.74 Å². The van der Waals surface area contributed by atoms with E-state index in [1.165, 1.54) is 6.42 Å². The number of ether oxygens (including phenoxy) is 1. The van der Waals surface area contributed by atoms with E-state index < -0.39 is 0 Å². The van der Waals surface area contributed by atoms with Crippen molar-refractivity contribution < 1.29 is 9.53 Å². The molecule has 0 saturated heterocycles. The fourth-order valence-electron chi connectivity index (χ4n) is 1.55. The zero-order valence-electron chi connectivity index (χ0n) is 9.21. The van der Waals surface area contributed by atoms with Gasteiger partial charge < -0.3 is 10.1 Å². The summed E-state index contributed by atoms with van der Waals surface area (Å²) in [6.07, 6.45) is 3.41. The lowest BCUT2D eigenvalue weighted by Crippen LogP contribution is -2.41. The number of carbonyl (C=O) groups excluding carboxylic acids is 1. The quantitative estimate of drug-likeness (QED) is 0.776. The minimum atomic E-state index is -0.0366. The van der Waals surface area contributed by atoms with Crippen LogP contribution in [0.1, 0.15) is 19.3 Å². The van der Waals surface area contributed by atoms with Gasteiger partial charge in [-0.25, -0.2) is 0 Å². The fraction of sp³-hybridized carbons (Fsp3) is 0.417. The van der Waals surface area contributed by atoms with E-state index in [2.05, 4.69) is 43.8 Å². The molecule has 1 amide bonds. The molecule has 1 N–H and O–H groups in total. The highest BCUT2D eigenvalue weighted by molar-refractivity contribution is 14.1. The first-order chi connectivity index (χ1) is 8.15. The van der Waals surface area contributed by atoms with E-state index in [1.807, 2.05) is 18.2 Å². The van der Waals surface area contributed by atoms with Crippen LogP contribution in [0.2, 0.25) is 0 Å². The molecular formula is C12H13BrINO2. The molecule has 0 spiro atoms. The van der Waals surface area contributed by atoms with Gasteiger partial charge in [-0.05, 0) is 60.1 Å². The number of halogens is 2. The lowest BCUT2D eigenvalue weighted by atomic mass is 9.93. The topological polar surface area (TPSA) is 38.3 Å². The summed E-state index contributed by atoms with van der Waals surface area (Å²) in [7, 11) is 0. The number of hydrogen-bond acceptors (Lipinski definition) is 2. The maximum atomic E-state index is 11.6. The smallest absolute Gasteiger partial charge is 0.258 e. The number of amides is 1. The zero-order chi connectivity index (χ0) is 12.3. The predicted molar refractivity (Wildman–Crippen MR) is 78.1 cm³/mol. The van der Waals surface area contributed by atoms with Crippen molar-refractivity contribution in [3.63, 3.8) is 0 Å². The van der Waals surface area contributed by atoms with Crippen molar-refractivity contribution in [3.8, 4) is 5.75 Å². The van der Waals surface area contributed by atoms with Crippen LogP contribution < -0.4 is 10.1 Å². The fourth-order valence-corrected chi connectivity index (χ4v) is 2.38. The molecule has 1 aromatic carbocycles. The second-order valence-corrected chi connectivity index (χ2v) is 6.14. The van der Waals surface area contributed by atoms with Crippen LogP contribution in [0.5, 0.6) is 5.75 Å². The molecule has 0 atom stereocenters. The van der Waals surface area contributed by atoms with Gasteiger partial charge in [-0.2, -0.15) is 0 Å². The lowest BCUT2D eigenvalue weighted by Gasteiger charge is -2.26. The third kappa shape index (κ3) is 3.84. The van der Waals surface area contributed by atoms with Crippen molar-refractivity contribution in [1.82, 2.24) is 5.32 Å². The molecule has 1 aromatic rings. The van der Waals surface area contributed by atoms with E-state index in [1.54, 1.807) is 0 Å². The van der Waals surface area contributed by atoms with Crippen LogP contribution in [0.4, 0.5) is 0 Å². The molecular weight excluding hydrogens is 397 g/mol. The van der Waals surface area contributed by atoms with E-state index in [9.17, 15) is 4.79 Å². The van der Waals surface area contributed by atoms with E-state index in [0.717, 1.165) is 26.6 Å². The molecule has 1 aliphatic rings. The van der Waals surface area contributed by atoms with Gasteiger partial charge in [0, 0.05) is 10.5 Å². The third-order valence-corrected chi connectivity index (χ3v) is 4.11. The van der Waals surface area contributed by atoms with Crippen LogP contribution in [-0.4, -0.2) is 18.6 Å². The maximum Gasteiger partial charge on any atom is 0.258 e. The third-order valence-electron chi connectivity index (χ3n) is 2.72. The molecule has 0 aliphatic heterocycles.